The van der Waals surface area contributed by atoms with Crippen molar-refractivity contribution >= 4 is 0 Å². The second kappa shape index (κ2) is 73.8. The summed E-state index contributed by atoms with van der Waals surface area (Å²) in [5, 5.41) is 13.0. The molecule has 1 N–H and O–H groups in total. The quantitative estimate of drug-likeness (QED) is 0.0277. The topological polar surface area (TPSA) is 94.1 Å². The lowest BCUT2D eigenvalue weighted by Gasteiger charge is -2.43. The number of unbranched alkanes of at least 4 members (excludes halogenated alkanes) is 44. The zero-order valence-electron chi connectivity index (χ0n) is 62.1. The van der Waals surface area contributed by atoms with Crippen molar-refractivity contribution in [3.63, 3.8) is 0 Å². The Bertz CT molecular complexity index is 1230. The fourth-order valence-electron chi connectivity index (χ4n) is 12.4. The molecular formula is C77H160Br2N2O9. The molecule has 11 nitrogen and oxygen atoms in total. The van der Waals surface area contributed by atoms with E-state index in [9.17, 15) is 5.11 Å². The van der Waals surface area contributed by atoms with Crippen molar-refractivity contribution in [3.05, 3.63) is 0 Å². The predicted molar refractivity (Wildman–Crippen MR) is 376 cm³/mol. The van der Waals surface area contributed by atoms with Crippen LogP contribution in [0.3, 0.4) is 0 Å². The number of aliphatic hydroxyl groups is 1. The third-order valence-corrected chi connectivity index (χ3v) is 17.9. The van der Waals surface area contributed by atoms with Gasteiger partial charge in [0.15, 0.2) is 19.2 Å². The van der Waals surface area contributed by atoms with E-state index in [1.807, 2.05) is 0 Å². The average molecular weight is 1420 g/mol. The molecule has 0 radical (unpaired) electrons. The molecule has 4 unspecified atom stereocenters. The van der Waals surface area contributed by atoms with Crippen molar-refractivity contribution in [1.29, 1.82) is 0 Å². The van der Waals surface area contributed by atoms with Gasteiger partial charge < -0.3 is 58.0 Å². The van der Waals surface area contributed by atoms with Crippen LogP contribution in [0.2, 0.25) is 0 Å². The van der Waals surface area contributed by atoms with Crippen molar-refractivity contribution in [2.75, 3.05) is 65.9 Å². The van der Waals surface area contributed by atoms with E-state index in [4.69, 9.17) is 38.3 Å². The molecule has 0 fully saturated rings. The molecule has 0 aliphatic rings. The number of ether oxygens (including phenoxy) is 4. The summed E-state index contributed by atoms with van der Waals surface area (Å²) in [6.07, 6.45) is 62.2. The number of rotatable bonds is 76. The maximum Gasteiger partial charge on any atom is 0.281 e. The van der Waals surface area contributed by atoms with Gasteiger partial charge in [0.05, 0.1) is 13.2 Å². The molecule has 0 bridgehead atoms. The van der Waals surface area contributed by atoms with Gasteiger partial charge in [-0.25, -0.2) is 0 Å². The van der Waals surface area contributed by atoms with Crippen LogP contribution < -0.4 is 34.0 Å². The Morgan fingerprint density at radius 1 is 0.222 bits per heavy atom. The van der Waals surface area contributed by atoms with Gasteiger partial charge in [-0.1, -0.05) is 338 Å². The SMILES string of the molecule is CCCCCCCCCCCCCCOC(C)C(OCCCCCCCCCCCCCC)[N+](CC(O)C[N+](OCCC)(OCCC)C(OCCCCCCCCCCCCCC)C(C)OCCCCCCCCCCCCCC)(OCCC)OCCC.[Br-].[Br-]. The molecule has 90 heavy (non-hydrogen) atoms. The maximum absolute atomic E-state index is 13.0. The van der Waals surface area contributed by atoms with Crippen LogP contribution >= 0.6 is 0 Å². The number of hydrogen-bond acceptors (Lipinski definition) is 9. The molecule has 4 atom stereocenters. The number of quaternary nitrogens is 2. The van der Waals surface area contributed by atoms with Gasteiger partial charge in [0, 0.05) is 13.2 Å². The minimum absolute atomic E-state index is 0. The Balaban J connectivity index is -0.0000378. The van der Waals surface area contributed by atoms with Crippen molar-refractivity contribution < 1.29 is 87.0 Å². The molecule has 0 aliphatic carbocycles. The molecule has 0 saturated heterocycles. The van der Waals surface area contributed by atoms with Crippen molar-refractivity contribution in [2.45, 2.75) is 434 Å². The van der Waals surface area contributed by atoms with Crippen LogP contribution in [0.15, 0.2) is 0 Å². The van der Waals surface area contributed by atoms with E-state index in [0.717, 1.165) is 77.0 Å². The van der Waals surface area contributed by atoms with E-state index < -0.39 is 18.6 Å². The highest BCUT2D eigenvalue weighted by Gasteiger charge is 2.54. The Kier molecular flexibility index (Phi) is 77.6. The fourth-order valence-corrected chi connectivity index (χ4v) is 12.4. The maximum atomic E-state index is 13.0. The van der Waals surface area contributed by atoms with Crippen molar-refractivity contribution in [3.8, 4) is 0 Å². The summed E-state index contributed by atoms with van der Waals surface area (Å²) in [6, 6.07) is 0. The Morgan fingerprint density at radius 3 is 0.567 bits per heavy atom. The van der Waals surface area contributed by atoms with E-state index in [1.165, 1.54) is 257 Å². The highest BCUT2D eigenvalue weighted by molar-refractivity contribution is 4.64. The van der Waals surface area contributed by atoms with Crippen LogP contribution in [0, 0.1) is 0 Å². The lowest BCUT2D eigenvalue weighted by molar-refractivity contribution is -1.29. The number of nitrogens with zero attached hydrogens (tertiary/aromatic N) is 2. The van der Waals surface area contributed by atoms with Crippen LogP contribution in [-0.2, 0) is 38.3 Å². The third-order valence-electron chi connectivity index (χ3n) is 17.9. The molecule has 0 heterocycles. The Hall–Kier alpha value is 0.520. The molecular weight excluding hydrogens is 1260 g/mol. The first kappa shape index (κ1) is 94.7. The van der Waals surface area contributed by atoms with Gasteiger partial charge in [-0.05, 0) is 74.8 Å². The standard InChI is InChI=1S/C77H160N2O9.2BrH/c1-11-19-23-27-31-35-39-43-47-51-55-59-67-81-73(9)76(83-69-61-57-53-49-45-41-37-33-29-25-21-13-3)78(85-63-15-5,86-64-16-6)71-75(80)72-79(87-65-17-7,88-66-18-8)77(84-70-62-58-54-50-46-42-38-34-30-26-22-14-4)74(10)82-68-60-56-52-48-44-40-36-32-28-24-20-12-2;;/h73-77,80H,11-72H2,1-10H3;2*1H/q+2;;/p-2. The summed E-state index contributed by atoms with van der Waals surface area (Å²) >= 11 is 0. The Labute approximate surface area is 583 Å². The van der Waals surface area contributed by atoms with Crippen LogP contribution in [-0.4, -0.2) is 111 Å². The molecule has 0 aliphatic heterocycles. The van der Waals surface area contributed by atoms with Crippen LogP contribution in [0.5, 0.6) is 0 Å². The van der Waals surface area contributed by atoms with Gasteiger partial charge in [-0.3, -0.25) is 0 Å². The normalized spacial score (nSPS) is 13.8. The summed E-state index contributed by atoms with van der Waals surface area (Å²) in [5.74, 6) is 0. The fraction of sp³-hybridized carbons (Fsp3) is 1.00. The van der Waals surface area contributed by atoms with Crippen LogP contribution in [0.25, 0.3) is 0 Å². The molecule has 13 heteroatoms. The minimum Gasteiger partial charge on any atom is -1.00 e. The van der Waals surface area contributed by atoms with E-state index in [-0.39, 0.29) is 68.9 Å². The zero-order valence-corrected chi connectivity index (χ0v) is 65.3. The van der Waals surface area contributed by atoms with Gasteiger partial charge in [-0.2, -0.15) is 19.4 Å². The van der Waals surface area contributed by atoms with E-state index in [2.05, 4.69) is 69.2 Å². The predicted octanol–water partition coefficient (Wildman–Crippen LogP) is 17.7. The van der Waals surface area contributed by atoms with Crippen LogP contribution in [0.1, 0.15) is 403 Å². The van der Waals surface area contributed by atoms with Crippen LogP contribution in [0.4, 0.5) is 0 Å². The lowest BCUT2D eigenvalue weighted by atomic mass is 10.1. The second-order valence-corrected chi connectivity index (χ2v) is 27.0. The monoisotopic (exact) mass is 1420 g/mol. The third kappa shape index (κ3) is 55.5. The molecule has 0 rings (SSSR count). The van der Waals surface area contributed by atoms with E-state index >= 15 is 0 Å². The molecule has 0 aromatic carbocycles. The van der Waals surface area contributed by atoms with Gasteiger partial charge in [0.2, 0.25) is 0 Å². The summed E-state index contributed by atoms with van der Waals surface area (Å²) < 4.78 is 27.8. The van der Waals surface area contributed by atoms with Gasteiger partial charge in [0.1, 0.15) is 38.6 Å². The summed E-state index contributed by atoms with van der Waals surface area (Å²) in [5.41, 5.74) is 0. The van der Waals surface area contributed by atoms with Gasteiger partial charge >= 0.3 is 0 Å². The number of halogens is 2. The first-order valence-corrected chi connectivity index (χ1v) is 39.7. The highest BCUT2D eigenvalue weighted by Crippen LogP contribution is 2.30. The molecule has 0 saturated carbocycles. The molecule has 0 aromatic heterocycles. The summed E-state index contributed by atoms with van der Waals surface area (Å²) in [6.45, 7) is 26.4. The second-order valence-electron chi connectivity index (χ2n) is 27.0. The largest absolute Gasteiger partial charge is 1.00 e. The number of hydroxylamine groups is 8. The first-order valence-electron chi connectivity index (χ1n) is 39.7. The average Bonchev–Trinajstić information content (AvgIpc) is 1.10. The number of aliphatic hydroxyl groups excluding tert-OH is 1. The summed E-state index contributed by atoms with van der Waals surface area (Å²) in [7, 11) is 0. The highest BCUT2D eigenvalue weighted by atomic mass is 79.9. The van der Waals surface area contributed by atoms with Gasteiger partial charge in [0.25, 0.3) is 12.5 Å². The first-order chi connectivity index (χ1) is 43.2. The van der Waals surface area contributed by atoms with Crippen molar-refractivity contribution in [2.24, 2.45) is 0 Å². The number of hydrogen-bond donors (Lipinski definition) is 1. The van der Waals surface area contributed by atoms with E-state index in [0.29, 0.717) is 52.9 Å². The van der Waals surface area contributed by atoms with Crippen molar-refractivity contribution in [1.82, 2.24) is 0 Å². The van der Waals surface area contributed by atoms with E-state index in [1.54, 1.807) is 0 Å². The summed E-state index contributed by atoms with van der Waals surface area (Å²) in [4.78, 5) is 27.3. The minimum atomic E-state index is -1.01. The smallest absolute Gasteiger partial charge is 0.281 e. The lowest BCUT2D eigenvalue weighted by Crippen LogP contribution is -3.00. The van der Waals surface area contributed by atoms with Gasteiger partial charge in [-0.15, -0.1) is 0 Å². The zero-order chi connectivity index (χ0) is 64.4. The molecule has 0 spiro atoms. The molecule has 0 amide bonds. The molecule has 0 aromatic rings. The Morgan fingerprint density at radius 2 is 0.389 bits per heavy atom. The molecule has 546 valence electrons.